The molecule has 3 N–H and O–H groups in total. The van der Waals surface area contributed by atoms with Crippen LogP contribution in [0.3, 0.4) is 0 Å². The fourth-order valence-electron chi connectivity index (χ4n) is 5.45. The number of carbonyl (C=O) groups is 3. The number of halogens is 3. The fourth-order valence-corrected chi connectivity index (χ4v) is 5.45. The summed E-state index contributed by atoms with van der Waals surface area (Å²) in [5.41, 5.74) is 1.44. The van der Waals surface area contributed by atoms with Crippen molar-refractivity contribution < 1.29 is 32.7 Å². The van der Waals surface area contributed by atoms with Gasteiger partial charge >= 0.3 is 6.18 Å². The van der Waals surface area contributed by atoms with E-state index in [1.807, 2.05) is 30.3 Å². The average Bonchev–Trinajstić information content (AvgIpc) is 3.37. The van der Waals surface area contributed by atoms with Crippen molar-refractivity contribution in [1.29, 1.82) is 0 Å². The van der Waals surface area contributed by atoms with Crippen molar-refractivity contribution in [3.05, 3.63) is 119 Å². The first-order valence-corrected chi connectivity index (χ1v) is 14.1. The number of aliphatic hydroxyl groups is 1. The Morgan fingerprint density at radius 2 is 1.73 bits per heavy atom. The van der Waals surface area contributed by atoms with Gasteiger partial charge in [0.1, 0.15) is 11.9 Å². The van der Waals surface area contributed by atoms with Gasteiger partial charge in [0.15, 0.2) is 0 Å². The van der Waals surface area contributed by atoms with Crippen LogP contribution in [-0.4, -0.2) is 51.8 Å². The summed E-state index contributed by atoms with van der Waals surface area (Å²) in [5.74, 6) is -2.31. The number of carbonyl (C=O) groups excluding carboxylic acids is 3. The number of fused-ring (bicyclic) bond motifs is 1. The van der Waals surface area contributed by atoms with Crippen LogP contribution in [0.2, 0.25) is 0 Å². The van der Waals surface area contributed by atoms with Crippen LogP contribution in [0.15, 0.2) is 91.0 Å². The number of aromatic nitrogens is 2. The molecule has 0 unspecified atom stereocenters. The van der Waals surface area contributed by atoms with E-state index in [4.69, 9.17) is 5.10 Å². The van der Waals surface area contributed by atoms with E-state index in [0.29, 0.717) is 34.0 Å². The largest absolute Gasteiger partial charge is 0.416 e. The molecule has 1 aromatic heterocycles. The minimum absolute atomic E-state index is 0.0552. The standard InChI is InChI=1S/C33H30F3N5O4/c1-4-40-31-26(20(3)39-41(31)25-14-6-5-7-15-25)27(21-10-9-13-24(17-21)37-29(43)19(2)18-42)28(32(40)45)38-30(44)22-11-8-12-23(16-22)33(34,35)36/h5-17,27-28,42H,2,4,18H2,1,3H3,(H,37,43)(H,38,44)/t27-,28+/m1/s1. The molecule has 5 rings (SSSR count). The van der Waals surface area contributed by atoms with Gasteiger partial charge in [-0.1, -0.05) is 43.0 Å². The zero-order chi connectivity index (χ0) is 32.5. The molecule has 9 nitrogen and oxygen atoms in total. The van der Waals surface area contributed by atoms with Crippen LogP contribution >= 0.6 is 0 Å². The highest BCUT2D eigenvalue weighted by atomic mass is 19.4. The van der Waals surface area contributed by atoms with E-state index in [1.165, 1.54) is 11.0 Å². The summed E-state index contributed by atoms with van der Waals surface area (Å²) in [6, 6.07) is 18.6. The van der Waals surface area contributed by atoms with Crippen LogP contribution in [0, 0.1) is 6.92 Å². The van der Waals surface area contributed by atoms with Crippen LogP contribution in [0.25, 0.3) is 5.69 Å². The van der Waals surface area contributed by atoms with Gasteiger partial charge in [-0.15, -0.1) is 0 Å². The number of anilines is 2. The minimum atomic E-state index is -4.66. The average molecular weight is 618 g/mol. The molecule has 0 aliphatic carbocycles. The number of para-hydroxylation sites is 1. The Bertz CT molecular complexity index is 1780. The van der Waals surface area contributed by atoms with Crippen LogP contribution in [-0.2, 0) is 15.8 Å². The fraction of sp³-hybridized carbons (Fsp3) is 0.212. The lowest BCUT2D eigenvalue weighted by atomic mass is 9.81. The first-order valence-electron chi connectivity index (χ1n) is 14.1. The molecule has 0 saturated heterocycles. The number of hydrogen-bond donors (Lipinski definition) is 3. The molecular weight excluding hydrogens is 587 g/mol. The maximum absolute atomic E-state index is 14.3. The summed E-state index contributed by atoms with van der Waals surface area (Å²) < 4.78 is 42.0. The van der Waals surface area contributed by atoms with Crippen molar-refractivity contribution in [3.8, 4) is 5.69 Å². The second kappa shape index (κ2) is 12.4. The summed E-state index contributed by atoms with van der Waals surface area (Å²) >= 11 is 0. The summed E-state index contributed by atoms with van der Waals surface area (Å²) in [5, 5.41) is 19.5. The van der Waals surface area contributed by atoms with Crippen molar-refractivity contribution in [1.82, 2.24) is 15.1 Å². The van der Waals surface area contributed by atoms with E-state index in [1.54, 1.807) is 42.8 Å². The molecule has 1 aliphatic rings. The molecule has 0 spiro atoms. The zero-order valence-corrected chi connectivity index (χ0v) is 24.4. The third kappa shape index (κ3) is 6.09. The number of amides is 3. The topological polar surface area (TPSA) is 117 Å². The Morgan fingerprint density at radius 3 is 2.40 bits per heavy atom. The first-order chi connectivity index (χ1) is 21.4. The molecule has 0 radical (unpaired) electrons. The Labute approximate surface area is 257 Å². The van der Waals surface area contributed by atoms with Crippen molar-refractivity contribution in [3.63, 3.8) is 0 Å². The van der Waals surface area contributed by atoms with Crippen LogP contribution < -0.4 is 15.5 Å². The third-order valence-electron chi connectivity index (χ3n) is 7.58. The second-order valence-corrected chi connectivity index (χ2v) is 10.5. The van der Waals surface area contributed by atoms with Gasteiger partial charge in [0.25, 0.3) is 17.7 Å². The van der Waals surface area contributed by atoms with Gasteiger partial charge in [-0.3, -0.25) is 19.3 Å². The quantitative estimate of drug-likeness (QED) is 0.241. The molecule has 2 atom stereocenters. The second-order valence-electron chi connectivity index (χ2n) is 10.5. The van der Waals surface area contributed by atoms with Gasteiger partial charge in [-0.2, -0.15) is 18.3 Å². The van der Waals surface area contributed by atoms with Gasteiger partial charge in [0, 0.05) is 34.9 Å². The van der Waals surface area contributed by atoms with Gasteiger partial charge in [-0.25, -0.2) is 4.68 Å². The molecule has 1 aliphatic heterocycles. The van der Waals surface area contributed by atoms with Crippen LogP contribution in [0.4, 0.5) is 24.7 Å². The molecular formula is C33H30F3N5O4. The molecule has 45 heavy (non-hydrogen) atoms. The Balaban J connectivity index is 1.66. The lowest BCUT2D eigenvalue weighted by Gasteiger charge is -2.38. The van der Waals surface area contributed by atoms with Gasteiger partial charge in [-0.05, 0) is 61.9 Å². The van der Waals surface area contributed by atoms with Gasteiger partial charge in [0.05, 0.1) is 23.6 Å². The van der Waals surface area contributed by atoms with E-state index in [9.17, 15) is 32.7 Å². The summed E-state index contributed by atoms with van der Waals surface area (Å²) in [6.45, 7) is 6.76. The van der Waals surface area contributed by atoms with E-state index in [2.05, 4.69) is 17.2 Å². The van der Waals surface area contributed by atoms with Crippen molar-refractivity contribution >= 4 is 29.2 Å². The van der Waals surface area contributed by atoms with Gasteiger partial charge in [0.2, 0.25) is 0 Å². The lowest BCUT2D eigenvalue weighted by Crippen LogP contribution is -2.55. The van der Waals surface area contributed by atoms with Crippen molar-refractivity contribution in [2.24, 2.45) is 0 Å². The molecule has 3 aromatic carbocycles. The highest BCUT2D eigenvalue weighted by molar-refractivity contribution is 6.06. The highest BCUT2D eigenvalue weighted by Crippen LogP contribution is 2.44. The van der Waals surface area contributed by atoms with Crippen LogP contribution in [0.5, 0.6) is 0 Å². The predicted molar refractivity (Wildman–Crippen MR) is 162 cm³/mol. The first kappa shape index (κ1) is 31.2. The number of benzene rings is 3. The number of hydrogen-bond acceptors (Lipinski definition) is 5. The molecule has 0 saturated carbocycles. The molecule has 232 valence electrons. The number of nitrogens with zero attached hydrogens (tertiary/aromatic N) is 3. The number of likely N-dealkylation sites (N-methyl/N-ethyl adjacent to an activating group) is 1. The number of nitrogens with one attached hydrogen (secondary N) is 2. The maximum atomic E-state index is 14.3. The predicted octanol–water partition coefficient (Wildman–Crippen LogP) is 4.98. The molecule has 2 heterocycles. The monoisotopic (exact) mass is 617 g/mol. The van der Waals surface area contributed by atoms with Crippen molar-refractivity contribution in [2.45, 2.75) is 32.0 Å². The molecule has 3 amide bonds. The van der Waals surface area contributed by atoms with Crippen molar-refractivity contribution in [2.75, 3.05) is 23.4 Å². The molecule has 12 heteroatoms. The smallest absolute Gasteiger partial charge is 0.391 e. The molecule has 0 fully saturated rings. The number of aliphatic hydroxyl groups excluding tert-OH is 1. The number of aryl methyl sites for hydroxylation is 1. The normalized spacial score (nSPS) is 16.2. The SMILES string of the molecule is C=C(CO)C(=O)Nc1cccc([C@@H]2c3c(C)nn(-c4ccccc4)c3N(CC)C(=O)[C@H]2NC(=O)c2cccc(C(F)(F)F)c2)c1. The number of alkyl halides is 3. The summed E-state index contributed by atoms with van der Waals surface area (Å²) in [7, 11) is 0. The maximum Gasteiger partial charge on any atom is 0.416 e. The third-order valence-corrected chi connectivity index (χ3v) is 7.58. The van der Waals surface area contributed by atoms with E-state index < -0.39 is 48.0 Å². The molecule has 4 aromatic rings. The van der Waals surface area contributed by atoms with E-state index in [0.717, 1.165) is 18.2 Å². The minimum Gasteiger partial charge on any atom is -0.391 e. The summed E-state index contributed by atoms with van der Waals surface area (Å²) in [4.78, 5) is 41.7. The Kier molecular flexibility index (Phi) is 8.60. The number of rotatable bonds is 8. The molecule has 0 bridgehead atoms. The zero-order valence-electron chi connectivity index (χ0n) is 24.4. The Hall–Kier alpha value is -5.23. The summed E-state index contributed by atoms with van der Waals surface area (Å²) in [6.07, 6.45) is -4.66. The van der Waals surface area contributed by atoms with Crippen LogP contribution in [0.1, 0.15) is 45.6 Å². The lowest BCUT2D eigenvalue weighted by molar-refractivity contribution is -0.137. The van der Waals surface area contributed by atoms with Gasteiger partial charge < -0.3 is 15.7 Å². The highest BCUT2D eigenvalue weighted by Gasteiger charge is 2.45. The Morgan fingerprint density at radius 1 is 1.02 bits per heavy atom. The van der Waals surface area contributed by atoms with E-state index >= 15 is 0 Å². The van der Waals surface area contributed by atoms with E-state index in [-0.39, 0.29) is 17.7 Å².